The van der Waals surface area contributed by atoms with Gasteiger partial charge in [0.1, 0.15) is 17.2 Å². The summed E-state index contributed by atoms with van der Waals surface area (Å²) in [7, 11) is 1.89. The standard InChI is InChI=1S/C12H22N4S/c1-5-16(6-2)7-8-17-12-10(3)11(13-4)14-9-15-12/h9H,5-8H2,1-4H3,(H,13,14,15). The summed E-state index contributed by atoms with van der Waals surface area (Å²) in [5.41, 5.74) is 1.14. The van der Waals surface area contributed by atoms with E-state index in [0.717, 1.165) is 41.8 Å². The molecular weight excluding hydrogens is 232 g/mol. The Bertz CT molecular complexity index is 339. The average molecular weight is 254 g/mol. The zero-order chi connectivity index (χ0) is 12.7. The molecule has 96 valence electrons. The Morgan fingerprint density at radius 3 is 2.59 bits per heavy atom. The number of anilines is 1. The molecule has 0 spiro atoms. The Morgan fingerprint density at radius 2 is 2.00 bits per heavy atom. The maximum Gasteiger partial charge on any atom is 0.133 e. The summed E-state index contributed by atoms with van der Waals surface area (Å²) >= 11 is 1.80. The number of nitrogens with one attached hydrogen (secondary N) is 1. The predicted molar refractivity (Wildman–Crippen MR) is 74.8 cm³/mol. The first kappa shape index (κ1) is 14.3. The molecule has 1 heterocycles. The number of hydrogen-bond donors (Lipinski definition) is 1. The molecule has 0 amide bonds. The molecule has 0 saturated heterocycles. The molecule has 1 aromatic heterocycles. The molecule has 0 aromatic carbocycles. The fourth-order valence-corrected chi connectivity index (χ4v) is 2.62. The highest BCUT2D eigenvalue weighted by Gasteiger charge is 2.06. The van der Waals surface area contributed by atoms with Gasteiger partial charge >= 0.3 is 0 Å². The van der Waals surface area contributed by atoms with Crippen molar-refractivity contribution < 1.29 is 0 Å². The number of hydrogen-bond acceptors (Lipinski definition) is 5. The van der Waals surface area contributed by atoms with Crippen LogP contribution in [-0.4, -0.2) is 47.3 Å². The summed E-state index contributed by atoms with van der Waals surface area (Å²) < 4.78 is 0. The third-order valence-electron chi connectivity index (χ3n) is 2.82. The van der Waals surface area contributed by atoms with Crippen LogP contribution in [0.5, 0.6) is 0 Å². The van der Waals surface area contributed by atoms with Crippen molar-refractivity contribution in [2.24, 2.45) is 0 Å². The first-order chi connectivity index (χ1) is 8.22. The zero-order valence-corrected chi connectivity index (χ0v) is 12.0. The molecule has 0 aliphatic heterocycles. The molecule has 0 fully saturated rings. The topological polar surface area (TPSA) is 41.1 Å². The Hall–Kier alpha value is -0.810. The van der Waals surface area contributed by atoms with E-state index in [0.29, 0.717) is 0 Å². The van der Waals surface area contributed by atoms with Crippen molar-refractivity contribution in [1.29, 1.82) is 0 Å². The summed E-state index contributed by atoms with van der Waals surface area (Å²) in [5.74, 6) is 1.99. The minimum atomic E-state index is 0.922. The summed E-state index contributed by atoms with van der Waals surface area (Å²) in [4.78, 5) is 10.9. The summed E-state index contributed by atoms with van der Waals surface area (Å²) in [6.45, 7) is 9.79. The SMILES string of the molecule is CCN(CC)CCSc1ncnc(NC)c1C. The van der Waals surface area contributed by atoms with E-state index in [4.69, 9.17) is 0 Å². The van der Waals surface area contributed by atoms with Gasteiger partial charge in [-0.15, -0.1) is 11.8 Å². The lowest BCUT2D eigenvalue weighted by Crippen LogP contribution is -2.25. The van der Waals surface area contributed by atoms with Crippen molar-refractivity contribution in [3.05, 3.63) is 11.9 Å². The van der Waals surface area contributed by atoms with Crippen LogP contribution < -0.4 is 5.32 Å². The van der Waals surface area contributed by atoms with Crippen molar-refractivity contribution in [2.45, 2.75) is 25.8 Å². The fraction of sp³-hybridized carbons (Fsp3) is 0.667. The van der Waals surface area contributed by atoms with Crippen LogP contribution in [0.2, 0.25) is 0 Å². The van der Waals surface area contributed by atoms with Crippen LogP contribution in [0, 0.1) is 6.92 Å². The second kappa shape index (κ2) is 7.50. The van der Waals surface area contributed by atoms with Gasteiger partial charge in [-0.1, -0.05) is 13.8 Å². The molecule has 1 N–H and O–H groups in total. The number of thioether (sulfide) groups is 1. The van der Waals surface area contributed by atoms with E-state index in [2.05, 4.69) is 41.0 Å². The third-order valence-corrected chi connectivity index (χ3v) is 3.89. The minimum Gasteiger partial charge on any atom is -0.373 e. The Labute approximate surface area is 108 Å². The molecule has 1 rings (SSSR count). The van der Waals surface area contributed by atoms with Gasteiger partial charge in [-0.05, 0) is 20.0 Å². The molecule has 0 atom stereocenters. The van der Waals surface area contributed by atoms with Crippen molar-refractivity contribution in [3.8, 4) is 0 Å². The average Bonchev–Trinajstić information content (AvgIpc) is 2.36. The van der Waals surface area contributed by atoms with E-state index < -0.39 is 0 Å². The third kappa shape index (κ3) is 4.16. The Kier molecular flexibility index (Phi) is 6.29. The predicted octanol–water partition coefficient (Wildman–Crippen LogP) is 2.26. The second-order valence-electron chi connectivity index (χ2n) is 3.78. The molecule has 17 heavy (non-hydrogen) atoms. The van der Waals surface area contributed by atoms with Gasteiger partial charge in [-0.3, -0.25) is 0 Å². The van der Waals surface area contributed by atoms with Crippen LogP contribution in [-0.2, 0) is 0 Å². The van der Waals surface area contributed by atoms with Gasteiger partial charge in [0, 0.05) is 24.9 Å². The highest BCUT2D eigenvalue weighted by molar-refractivity contribution is 7.99. The maximum atomic E-state index is 4.33. The molecule has 4 nitrogen and oxygen atoms in total. The molecule has 0 saturated carbocycles. The first-order valence-corrected chi connectivity index (χ1v) is 7.05. The van der Waals surface area contributed by atoms with Crippen molar-refractivity contribution >= 4 is 17.6 Å². The quantitative estimate of drug-likeness (QED) is 0.597. The van der Waals surface area contributed by atoms with Gasteiger partial charge < -0.3 is 10.2 Å². The number of rotatable bonds is 7. The molecular formula is C12H22N4S. The van der Waals surface area contributed by atoms with Crippen LogP contribution in [0.1, 0.15) is 19.4 Å². The molecule has 0 aliphatic carbocycles. The van der Waals surface area contributed by atoms with Crippen molar-refractivity contribution in [1.82, 2.24) is 14.9 Å². The lowest BCUT2D eigenvalue weighted by atomic mass is 10.3. The highest BCUT2D eigenvalue weighted by atomic mass is 32.2. The molecule has 5 heteroatoms. The Morgan fingerprint density at radius 1 is 1.29 bits per heavy atom. The van der Waals surface area contributed by atoms with E-state index in [9.17, 15) is 0 Å². The molecule has 0 radical (unpaired) electrons. The van der Waals surface area contributed by atoms with Crippen LogP contribution in [0.25, 0.3) is 0 Å². The first-order valence-electron chi connectivity index (χ1n) is 6.07. The highest BCUT2D eigenvalue weighted by Crippen LogP contribution is 2.23. The van der Waals surface area contributed by atoms with Gasteiger partial charge in [0.2, 0.25) is 0 Å². The van der Waals surface area contributed by atoms with Crippen molar-refractivity contribution in [3.63, 3.8) is 0 Å². The Balaban J connectivity index is 2.52. The van der Waals surface area contributed by atoms with E-state index in [-0.39, 0.29) is 0 Å². The van der Waals surface area contributed by atoms with E-state index in [1.54, 1.807) is 18.1 Å². The van der Waals surface area contributed by atoms with Crippen LogP contribution in [0.4, 0.5) is 5.82 Å². The maximum absolute atomic E-state index is 4.33. The van der Waals surface area contributed by atoms with Crippen LogP contribution >= 0.6 is 11.8 Å². The summed E-state index contributed by atoms with van der Waals surface area (Å²) in [6.07, 6.45) is 1.62. The fourth-order valence-electron chi connectivity index (χ4n) is 1.64. The largest absolute Gasteiger partial charge is 0.373 e. The smallest absolute Gasteiger partial charge is 0.133 e. The number of aromatic nitrogens is 2. The van der Waals surface area contributed by atoms with Gasteiger partial charge in [-0.2, -0.15) is 0 Å². The normalized spacial score (nSPS) is 10.9. The van der Waals surface area contributed by atoms with Gasteiger partial charge in [-0.25, -0.2) is 9.97 Å². The van der Waals surface area contributed by atoms with E-state index >= 15 is 0 Å². The van der Waals surface area contributed by atoms with Gasteiger partial charge in [0.05, 0.1) is 0 Å². The molecule has 1 aromatic rings. The number of nitrogens with zero attached hydrogens (tertiary/aromatic N) is 3. The molecule has 0 unspecified atom stereocenters. The summed E-state index contributed by atoms with van der Waals surface area (Å²) in [6, 6.07) is 0. The monoisotopic (exact) mass is 254 g/mol. The minimum absolute atomic E-state index is 0.922. The summed E-state index contributed by atoms with van der Waals surface area (Å²) in [5, 5.41) is 4.16. The van der Waals surface area contributed by atoms with Crippen molar-refractivity contribution in [2.75, 3.05) is 37.8 Å². The van der Waals surface area contributed by atoms with Gasteiger partial charge in [0.25, 0.3) is 0 Å². The van der Waals surface area contributed by atoms with E-state index in [1.165, 1.54) is 0 Å². The lowest BCUT2D eigenvalue weighted by molar-refractivity contribution is 0.324. The lowest BCUT2D eigenvalue weighted by Gasteiger charge is -2.17. The van der Waals surface area contributed by atoms with Crippen LogP contribution in [0.15, 0.2) is 11.4 Å². The van der Waals surface area contributed by atoms with E-state index in [1.807, 2.05) is 7.05 Å². The van der Waals surface area contributed by atoms with Gasteiger partial charge in [0.15, 0.2) is 0 Å². The zero-order valence-electron chi connectivity index (χ0n) is 11.2. The van der Waals surface area contributed by atoms with Crippen LogP contribution in [0.3, 0.4) is 0 Å². The molecule has 0 bridgehead atoms. The second-order valence-corrected chi connectivity index (χ2v) is 4.86. The molecule has 0 aliphatic rings.